The Morgan fingerprint density at radius 2 is 1.49 bits per heavy atom. The van der Waals surface area contributed by atoms with Gasteiger partial charge in [-0.2, -0.15) is 39.5 Å². The summed E-state index contributed by atoms with van der Waals surface area (Å²) >= 11 is 13.1. The Labute approximate surface area is 308 Å². The van der Waals surface area contributed by atoms with E-state index >= 15 is 0 Å². The fourth-order valence-corrected chi connectivity index (χ4v) is 7.30. The van der Waals surface area contributed by atoms with Crippen molar-refractivity contribution in [3.63, 3.8) is 0 Å². The summed E-state index contributed by atoms with van der Waals surface area (Å²) in [6.07, 6.45) is -14.5. The number of carbonyl (C=O) groups is 2. The number of hydrogen-bond acceptors (Lipinski definition) is 5. The number of anilines is 1. The first-order valence-corrected chi connectivity index (χ1v) is 17.5. The highest BCUT2D eigenvalue weighted by Crippen LogP contribution is 2.40. The molecule has 1 aliphatic heterocycles. The van der Waals surface area contributed by atoms with E-state index in [4.69, 9.17) is 23.2 Å². The smallest absolute Gasteiger partial charge is 0.373 e. The molecule has 2 aromatic carbocycles. The minimum Gasteiger partial charge on any atom is -0.373 e. The molecule has 2 aliphatic rings. The van der Waals surface area contributed by atoms with Crippen LogP contribution in [0.2, 0.25) is 10.0 Å². The average Bonchev–Trinajstić information content (AvgIpc) is 3.38. The molecule has 1 atom stereocenters. The third-order valence-electron chi connectivity index (χ3n) is 10.2. The Kier molecular flexibility index (Phi) is 11.5. The molecule has 53 heavy (non-hydrogen) atoms. The maximum atomic E-state index is 13.7. The van der Waals surface area contributed by atoms with E-state index in [0.29, 0.717) is 35.0 Å². The summed E-state index contributed by atoms with van der Waals surface area (Å²) in [5.41, 5.74) is -1.96. The summed E-state index contributed by atoms with van der Waals surface area (Å²) in [6.45, 7) is -0.188. The quantitative estimate of drug-likeness (QED) is 0.201. The lowest BCUT2D eigenvalue weighted by molar-refractivity contribution is -0.245. The van der Waals surface area contributed by atoms with Gasteiger partial charge >= 0.3 is 18.5 Å². The largest absolute Gasteiger partial charge is 0.426 e. The molecule has 1 aromatic heterocycles. The molecule has 1 aliphatic carbocycles. The summed E-state index contributed by atoms with van der Waals surface area (Å²) in [7, 11) is 1.65. The minimum absolute atomic E-state index is 0.00467. The zero-order chi connectivity index (χ0) is 39.3. The molecule has 292 valence electrons. The fraction of sp³-hybridized carbons (Fsp3) is 0.559. The molecular weight excluding hydrogens is 768 g/mol. The Bertz CT molecular complexity index is 1840. The lowest BCUT2D eigenvalue weighted by Gasteiger charge is -2.35. The number of rotatable bonds is 8. The number of alkyl halides is 9. The summed E-state index contributed by atoms with van der Waals surface area (Å²) < 4.78 is 121. The van der Waals surface area contributed by atoms with Gasteiger partial charge in [0.25, 0.3) is 11.8 Å². The van der Waals surface area contributed by atoms with Gasteiger partial charge in [0.2, 0.25) is 5.60 Å². The molecule has 2 fully saturated rings. The first kappa shape index (κ1) is 40.7. The SMILES string of the molecule is Cn1c(Cc2c(Cl)ccc(CNC(=O)[C@@](C)(O)C(F)(F)F)c2Cl)nc2cc(C(=O)NC3CCC(C(F)(F)F)CC3)c(N3CCC(C(F)(F)F)CC3)cc21. The monoisotopic (exact) mass is 803 g/mol. The van der Waals surface area contributed by atoms with Crippen molar-refractivity contribution < 1.29 is 54.2 Å². The van der Waals surface area contributed by atoms with Crippen molar-refractivity contribution in [2.24, 2.45) is 18.9 Å². The first-order chi connectivity index (χ1) is 24.5. The summed E-state index contributed by atoms with van der Waals surface area (Å²) in [5.74, 6) is -4.91. The number of benzene rings is 2. The Balaban J connectivity index is 1.44. The fourth-order valence-electron chi connectivity index (χ4n) is 6.73. The zero-order valence-corrected chi connectivity index (χ0v) is 29.9. The second-order valence-corrected chi connectivity index (χ2v) is 14.5. The van der Waals surface area contributed by atoms with Crippen LogP contribution in [0.3, 0.4) is 0 Å². The van der Waals surface area contributed by atoms with Crippen molar-refractivity contribution in [2.45, 2.75) is 88.6 Å². The molecule has 3 aromatic rings. The Hall–Kier alpha value is -3.44. The van der Waals surface area contributed by atoms with Gasteiger partial charge in [-0.25, -0.2) is 4.98 Å². The number of piperidine rings is 1. The number of aryl methyl sites for hydroxylation is 1. The van der Waals surface area contributed by atoms with Gasteiger partial charge in [-0.1, -0.05) is 29.3 Å². The van der Waals surface area contributed by atoms with Gasteiger partial charge < -0.3 is 25.2 Å². The molecule has 0 bridgehead atoms. The molecule has 8 nitrogen and oxygen atoms in total. The summed E-state index contributed by atoms with van der Waals surface area (Å²) in [6, 6.07) is 5.36. The third kappa shape index (κ3) is 8.77. The zero-order valence-electron chi connectivity index (χ0n) is 28.4. The van der Waals surface area contributed by atoms with E-state index in [1.54, 1.807) is 22.6 Å². The van der Waals surface area contributed by atoms with Gasteiger partial charge in [0.05, 0.1) is 39.1 Å². The molecule has 3 N–H and O–H groups in total. The number of aliphatic hydroxyl groups is 1. The van der Waals surface area contributed by atoms with Gasteiger partial charge in [-0.3, -0.25) is 9.59 Å². The van der Waals surface area contributed by atoms with Crippen LogP contribution in [-0.2, 0) is 24.8 Å². The predicted molar refractivity (Wildman–Crippen MR) is 179 cm³/mol. The van der Waals surface area contributed by atoms with Crippen molar-refractivity contribution in [3.8, 4) is 0 Å². The minimum atomic E-state index is -5.23. The maximum Gasteiger partial charge on any atom is 0.426 e. The van der Waals surface area contributed by atoms with Crippen LogP contribution in [0.25, 0.3) is 11.0 Å². The summed E-state index contributed by atoms with van der Waals surface area (Å²) in [4.78, 5) is 32.2. The highest BCUT2D eigenvalue weighted by molar-refractivity contribution is 6.36. The van der Waals surface area contributed by atoms with Crippen LogP contribution in [0.1, 0.15) is 72.8 Å². The number of nitrogens with zero attached hydrogens (tertiary/aromatic N) is 3. The van der Waals surface area contributed by atoms with Crippen LogP contribution in [0.4, 0.5) is 45.2 Å². The summed E-state index contributed by atoms with van der Waals surface area (Å²) in [5, 5.41) is 14.7. The lowest BCUT2D eigenvalue weighted by Crippen LogP contribution is -2.54. The van der Waals surface area contributed by atoms with Crippen molar-refractivity contribution in [1.82, 2.24) is 20.2 Å². The van der Waals surface area contributed by atoms with Gasteiger partial charge in [-0.15, -0.1) is 0 Å². The number of carbonyl (C=O) groups excluding carboxylic acids is 2. The molecular formula is C34H36Cl2F9N5O3. The maximum absolute atomic E-state index is 13.7. The van der Waals surface area contributed by atoms with Crippen molar-refractivity contribution >= 4 is 51.7 Å². The van der Waals surface area contributed by atoms with Crippen LogP contribution in [0.5, 0.6) is 0 Å². The molecule has 2 heterocycles. The van der Waals surface area contributed by atoms with Gasteiger partial charge in [-0.05, 0) is 74.8 Å². The number of fused-ring (bicyclic) bond motifs is 1. The van der Waals surface area contributed by atoms with E-state index in [0.717, 1.165) is 0 Å². The second kappa shape index (κ2) is 15.0. The molecule has 2 amide bonds. The molecule has 0 unspecified atom stereocenters. The average molecular weight is 805 g/mol. The Morgan fingerprint density at radius 1 is 0.906 bits per heavy atom. The molecule has 0 radical (unpaired) electrons. The standard InChI is InChI=1S/C34H36Cl2F9N5O3/c1-31(53,34(43,44)45)30(52)46-16-17-3-8-23(35)21(28(17)36)14-27-48-24-13-22(29(51)47-20-6-4-18(5-7-20)32(37,38)39)25(15-26(24)49(27)2)50-11-9-19(10-12-50)33(40,41)42/h3,8,13,15,18-20,53H,4-7,9-12,14,16H2,1-2H3,(H,46,52)(H,47,51)/t18?,20?,31-/m1/s1. The highest BCUT2D eigenvalue weighted by Gasteiger charge is 2.55. The number of halogens is 11. The number of nitrogens with one attached hydrogen (secondary N) is 2. The molecule has 19 heteroatoms. The van der Waals surface area contributed by atoms with E-state index in [1.807, 2.05) is 5.32 Å². The lowest BCUT2D eigenvalue weighted by atomic mass is 9.85. The highest BCUT2D eigenvalue weighted by atomic mass is 35.5. The topological polar surface area (TPSA) is 99.5 Å². The van der Waals surface area contributed by atoms with Crippen LogP contribution in [0, 0.1) is 11.8 Å². The number of amides is 2. The number of aromatic nitrogens is 2. The van der Waals surface area contributed by atoms with E-state index in [1.165, 1.54) is 18.2 Å². The van der Waals surface area contributed by atoms with Crippen molar-refractivity contribution in [1.29, 1.82) is 0 Å². The molecule has 1 saturated carbocycles. The number of hydrogen-bond donors (Lipinski definition) is 3. The molecule has 5 rings (SSSR count). The normalized spacial score (nSPS) is 20.4. The predicted octanol–water partition coefficient (Wildman–Crippen LogP) is 8.03. The first-order valence-electron chi connectivity index (χ1n) is 16.7. The third-order valence-corrected chi connectivity index (χ3v) is 11.0. The van der Waals surface area contributed by atoms with Crippen LogP contribution in [0.15, 0.2) is 24.3 Å². The van der Waals surface area contributed by atoms with Crippen molar-refractivity contribution in [2.75, 3.05) is 18.0 Å². The number of imidazole rings is 1. The Morgan fingerprint density at radius 3 is 2.06 bits per heavy atom. The van der Waals surface area contributed by atoms with E-state index in [9.17, 15) is 54.2 Å². The van der Waals surface area contributed by atoms with Crippen LogP contribution < -0.4 is 15.5 Å². The van der Waals surface area contributed by atoms with E-state index in [2.05, 4.69) is 10.3 Å². The van der Waals surface area contributed by atoms with Gasteiger partial charge in [0.1, 0.15) is 5.82 Å². The van der Waals surface area contributed by atoms with Crippen LogP contribution in [-0.4, -0.2) is 69.7 Å². The van der Waals surface area contributed by atoms with Gasteiger partial charge in [0, 0.05) is 44.2 Å². The van der Waals surface area contributed by atoms with E-state index in [-0.39, 0.29) is 79.2 Å². The van der Waals surface area contributed by atoms with Crippen LogP contribution >= 0.6 is 23.2 Å². The van der Waals surface area contributed by atoms with Gasteiger partial charge in [0.15, 0.2) is 0 Å². The van der Waals surface area contributed by atoms with E-state index < -0.39 is 60.4 Å². The second-order valence-electron chi connectivity index (χ2n) is 13.7. The molecule has 1 saturated heterocycles. The molecule has 0 spiro atoms. The van der Waals surface area contributed by atoms with Crippen molar-refractivity contribution in [3.05, 3.63) is 56.8 Å².